The Morgan fingerprint density at radius 1 is 1.42 bits per heavy atom. The van der Waals surface area contributed by atoms with Crippen LogP contribution in [0, 0.1) is 0 Å². The lowest BCUT2D eigenvalue weighted by Crippen LogP contribution is -2.08. The number of ether oxygens (including phenoxy) is 1. The van der Waals surface area contributed by atoms with Crippen LogP contribution in [-0.4, -0.2) is 39.3 Å². The van der Waals surface area contributed by atoms with E-state index in [1.165, 1.54) is 0 Å². The summed E-state index contributed by atoms with van der Waals surface area (Å²) in [7, 11) is 3.79. The van der Waals surface area contributed by atoms with Crippen molar-refractivity contribution in [2.75, 3.05) is 6.61 Å². The monoisotopic (exact) mass is 168 g/mol. The molecule has 0 aliphatic carbocycles. The van der Waals surface area contributed by atoms with Crippen LogP contribution in [-0.2, 0) is 14.3 Å². The minimum absolute atomic E-state index is 0.257. The third-order valence-corrected chi connectivity index (χ3v) is 0.921. The fourth-order valence-corrected chi connectivity index (χ4v) is 0.436. The number of carbonyl (C=O) groups excluding carboxylic acids is 1. The highest BCUT2D eigenvalue weighted by Crippen LogP contribution is 1.91. The first-order chi connectivity index (χ1) is 5.52. The first kappa shape index (κ1) is 10.8. The van der Waals surface area contributed by atoms with Crippen molar-refractivity contribution in [1.82, 2.24) is 0 Å². The van der Waals surface area contributed by atoms with E-state index in [0.717, 1.165) is 12.2 Å². The van der Waals surface area contributed by atoms with E-state index < -0.39 is 11.9 Å². The molecule has 4 nitrogen and oxygen atoms in total. The quantitative estimate of drug-likeness (QED) is 0.305. The normalized spacial score (nSPS) is 10.4. The van der Waals surface area contributed by atoms with E-state index in [-0.39, 0.29) is 5.72 Å². The van der Waals surface area contributed by atoms with Crippen LogP contribution in [0.4, 0.5) is 0 Å². The molecule has 0 spiro atoms. The molecule has 0 atom stereocenters. The highest BCUT2D eigenvalue weighted by Gasteiger charge is 2.00. The number of carbonyl (C=O) groups is 2. The summed E-state index contributed by atoms with van der Waals surface area (Å²) in [4.78, 5) is 20.6. The van der Waals surface area contributed by atoms with Crippen LogP contribution < -0.4 is 0 Å². The van der Waals surface area contributed by atoms with Gasteiger partial charge in [0, 0.05) is 12.2 Å². The van der Waals surface area contributed by atoms with Crippen LogP contribution in [0.5, 0.6) is 0 Å². The van der Waals surface area contributed by atoms with Gasteiger partial charge in [0.25, 0.3) is 0 Å². The van der Waals surface area contributed by atoms with Gasteiger partial charge in [0.2, 0.25) is 0 Å². The van der Waals surface area contributed by atoms with Crippen molar-refractivity contribution < 1.29 is 19.4 Å². The van der Waals surface area contributed by atoms with E-state index in [1.807, 2.05) is 15.7 Å². The molecule has 0 amide bonds. The second kappa shape index (κ2) is 5.46. The first-order valence-electron chi connectivity index (χ1n) is 3.60. The van der Waals surface area contributed by atoms with Gasteiger partial charge in [-0.05, 0) is 0 Å². The van der Waals surface area contributed by atoms with Gasteiger partial charge in [-0.2, -0.15) is 0 Å². The molecule has 0 saturated heterocycles. The summed E-state index contributed by atoms with van der Waals surface area (Å²) < 4.78 is 4.66. The average molecular weight is 168 g/mol. The van der Waals surface area contributed by atoms with Crippen LogP contribution in [0.15, 0.2) is 12.2 Å². The SMILES string of the molecule is BC(B)COC(=O)/C=C/C(=O)O. The Labute approximate surface area is 72.4 Å². The third kappa shape index (κ3) is 6.92. The molecule has 0 aliphatic heterocycles. The van der Waals surface area contributed by atoms with Crippen molar-refractivity contribution in [3.63, 3.8) is 0 Å². The molecular weight excluding hydrogens is 158 g/mol. The topological polar surface area (TPSA) is 63.6 Å². The van der Waals surface area contributed by atoms with Crippen LogP contribution in [0.25, 0.3) is 0 Å². The Morgan fingerprint density at radius 3 is 2.42 bits per heavy atom. The van der Waals surface area contributed by atoms with Crippen molar-refractivity contribution in [3.8, 4) is 0 Å². The number of carboxylic acid groups (broad SMARTS) is 1. The van der Waals surface area contributed by atoms with E-state index >= 15 is 0 Å². The summed E-state index contributed by atoms with van der Waals surface area (Å²) in [5.74, 6) is -1.78. The van der Waals surface area contributed by atoms with Crippen LogP contribution in [0.3, 0.4) is 0 Å². The standard InChI is InChI=1S/C6H10B2O4/c7-4(8)3-12-6(11)2-1-5(9)10/h1-2,4H,3,7-8H2,(H,9,10)/b2-1+. The Hall–Kier alpha value is -1.19. The van der Waals surface area contributed by atoms with Gasteiger partial charge in [-0.3, -0.25) is 0 Å². The molecule has 0 aliphatic rings. The van der Waals surface area contributed by atoms with Crippen molar-refractivity contribution in [2.45, 2.75) is 5.72 Å². The molecule has 0 aromatic carbocycles. The molecule has 1 N–H and O–H groups in total. The largest absolute Gasteiger partial charge is 0.478 e. The van der Waals surface area contributed by atoms with Gasteiger partial charge in [0.15, 0.2) is 0 Å². The fraction of sp³-hybridized carbons (Fsp3) is 0.333. The zero-order valence-corrected chi connectivity index (χ0v) is 7.11. The van der Waals surface area contributed by atoms with E-state index in [1.54, 1.807) is 0 Å². The molecule has 0 rings (SSSR count). The number of rotatable bonds is 4. The zero-order valence-electron chi connectivity index (χ0n) is 7.11. The van der Waals surface area contributed by atoms with Crippen LogP contribution in [0.2, 0.25) is 5.72 Å². The lowest BCUT2D eigenvalue weighted by atomic mass is 9.72. The third-order valence-electron chi connectivity index (χ3n) is 0.921. The Balaban J connectivity index is 3.67. The maximum Gasteiger partial charge on any atom is 0.330 e. The van der Waals surface area contributed by atoms with Crippen molar-refractivity contribution in [1.29, 1.82) is 0 Å². The summed E-state index contributed by atoms with van der Waals surface area (Å²) in [5.41, 5.74) is 0.257. The summed E-state index contributed by atoms with van der Waals surface area (Å²) in [6, 6.07) is 0. The minimum Gasteiger partial charge on any atom is -0.478 e. The molecular formula is C6H10B2O4. The van der Waals surface area contributed by atoms with Crippen molar-refractivity contribution in [2.24, 2.45) is 0 Å². The lowest BCUT2D eigenvalue weighted by molar-refractivity contribution is -0.138. The number of esters is 1. The van der Waals surface area contributed by atoms with Crippen molar-refractivity contribution in [3.05, 3.63) is 12.2 Å². The predicted octanol–water partition coefficient (Wildman–Crippen LogP) is -1.82. The summed E-state index contributed by atoms with van der Waals surface area (Å²) >= 11 is 0. The van der Waals surface area contributed by atoms with E-state index in [4.69, 9.17) is 5.11 Å². The molecule has 0 saturated carbocycles. The van der Waals surface area contributed by atoms with Crippen molar-refractivity contribution >= 4 is 27.6 Å². The Bertz CT molecular complexity index is 200. The van der Waals surface area contributed by atoms with E-state index in [2.05, 4.69) is 4.74 Å². The average Bonchev–Trinajstić information content (AvgIpc) is 1.96. The summed E-state index contributed by atoms with van der Waals surface area (Å²) in [5, 5.41) is 8.15. The van der Waals surface area contributed by atoms with Gasteiger partial charge in [0.05, 0.1) is 22.3 Å². The molecule has 0 radical (unpaired) electrons. The maximum atomic E-state index is 10.7. The maximum absolute atomic E-state index is 10.7. The van der Waals surface area contributed by atoms with Gasteiger partial charge in [-0.15, -0.1) is 0 Å². The van der Waals surface area contributed by atoms with Gasteiger partial charge in [-0.1, -0.05) is 5.72 Å². The molecule has 0 heterocycles. The number of aliphatic carboxylic acids is 1. The Kier molecular flexibility index (Phi) is 4.92. The second-order valence-electron chi connectivity index (χ2n) is 2.70. The lowest BCUT2D eigenvalue weighted by Gasteiger charge is -2.02. The van der Waals surface area contributed by atoms with E-state index in [9.17, 15) is 9.59 Å². The summed E-state index contributed by atoms with van der Waals surface area (Å²) in [6.07, 6.45) is 1.65. The highest BCUT2D eigenvalue weighted by molar-refractivity contribution is 6.35. The molecule has 0 bridgehead atoms. The van der Waals surface area contributed by atoms with Crippen LogP contribution >= 0.6 is 0 Å². The van der Waals surface area contributed by atoms with E-state index in [0.29, 0.717) is 6.61 Å². The Morgan fingerprint density at radius 2 is 2.00 bits per heavy atom. The molecule has 0 aromatic rings. The minimum atomic E-state index is -1.16. The zero-order chi connectivity index (χ0) is 9.56. The molecule has 0 fully saturated rings. The fourth-order valence-electron chi connectivity index (χ4n) is 0.436. The van der Waals surface area contributed by atoms with Gasteiger partial charge in [0.1, 0.15) is 0 Å². The molecule has 0 unspecified atom stereocenters. The number of hydrogen-bond acceptors (Lipinski definition) is 3. The smallest absolute Gasteiger partial charge is 0.330 e. The molecule has 6 heteroatoms. The second-order valence-corrected chi connectivity index (χ2v) is 2.70. The predicted molar refractivity (Wildman–Crippen MR) is 48.6 cm³/mol. The molecule has 0 aromatic heterocycles. The molecule has 12 heavy (non-hydrogen) atoms. The number of carboxylic acids is 1. The molecule has 64 valence electrons. The van der Waals surface area contributed by atoms with Gasteiger partial charge in [-0.25, -0.2) is 9.59 Å². The first-order valence-corrected chi connectivity index (χ1v) is 3.60. The number of hydrogen-bond donors (Lipinski definition) is 1. The van der Waals surface area contributed by atoms with Crippen LogP contribution in [0.1, 0.15) is 0 Å². The highest BCUT2D eigenvalue weighted by atomic mass is 16.5. The van der Waals surface area contributed by atoms with Gasteiger partial charge >= 0.3 is 11.9 Å². The van der Waals surface area contributed by atoms with Gasteiger partial charge < -0.3 is 9.84 Å². The summed E-state index contributed by atoms with van der Waals surface area (Å²) in [6.45, 7) is 0.308.